The molecule has 2 rings (SSSR count). The van der Waals surface area contributed by atoms with Gasteiger partial charge in [-0.2, -0.15) is 0 Å². The highest BCUT2D eigenvalue weighted by Gasteiger charge is 2.03. The first-order valence-corrected chi connectivity index (χ1v) is 4.93. The minimum Gasteiger partial charge on any atom is -0.356 e. The third-order valence-electron chi connectivity index (χ3n) is 2.31. The van der Waals surface area contributed by atoms with Crippen molar-refractivity contribution in [3.05, 3.63) is 30.1 Å². The van der Waals surface area contributed by atoms with Gasteiger partial charge in [0.25, 0.3) is 0 Å². The summed E-state index contributed by atoms with van der Waals surface area (Å²) in [7, 11) is 0. The maximum absolute atomic E-state index is 10.7. The van der Waals surface area contributed by atoms with Crippen molar-refractivity contribution in [1.29, 1.82) is 0 Å². The van der Waals surface area contributed by atoms with Crippen molar-refractivity contribution in [3.63, 3.8) is 0 Å². The van der Waals surface area contributed by atoms with E-state index in [9.17, 15) is 4.79 Å². The zero-order valence-corrected chi connectivity index (χ0v) is 8.58. The maximum Gasteiger partial charge on any atom is 0.216 e. The van der Waals surface area contributed by atoms with E-state index in [-0.39, 0.29) is 5.91 Å². The van der Waals surface area contributed by atoms with Crippen LogP contribution < -0.4 is 5.32 Å². The maximum atomic E-state index is 10.7. The van der Waals surface area contributed by atoms with E-state index in [1.165, 1.54) is 12.5 Å². The number of aromatic nitrogens is 2. The average Bonchev–Trinajstić information content (AvgIpc) is 2.62. The summed E-state index contributed by atoms with van der Waals surface area (Å²) in [5.41, 5.74) is 2.09. The molecule has 0 aromatic carbocycles. The Kier molecular flexibility index (Phi) is 2.67. The lowest BCUT2D eigenvalue weighted by atomic mass is 10.1. The summed E-state index contributed by atoms with van der Waals surface area (Å²) in [6, 6.07) is 3.94. The molecule has 4 nitrogen and oxygen atoms in total. The van der Waals surface area contributed by atoms with Crippen LogP contribution in [-0.2, 0) is 11.2 Å². The molecule has 0 aliphatic rings. The molecule has 0 saturated carbocycles. The fourth-order valence-corrected chi connectivity index (χ4v) is 1.59. The van der Waals surface area contributed by atoms with Crippen molar-refractivity contribution in [2.24, 2.45) is 0 Å². The third kappa shape index (κ3) is 2.15. The summed E-state index contributed by atoms with van der Waals surface area (Å²) in [6.45, 7) is 2.19. The fraction of sp³-hybridized carbons (Fsp3) is 0.273. The van der Waals surface area contributed by atoms with Gasteiger partial charge < -0.3 is 10.3 Å². The van der Waals surface area contributed by atoms with Gasteiger partial charge in [0.05, 0.1) is 0 Å². The molecule has 0 atom stereocenters. The molecule has 0 radical (unpaired) electrons. The Morgan fingerprint density at radius 2 is 2.47 bits per heavy atom. The van der Waals surface area contributed by atoms with Crippen LogP contribution in [-0.4, -0.2) is 22.4 Å². The molecule has 2 heterocycles. The van der Waals surface area contributed by atoms with Crippen molar-refractivity contribution in [2.75, 3.05) is 6.54 Å². The Labute approximate surface area is 87.7 Å². The molecule has 0 fully saturated rings. The van der Waals surface area contributed by atoms with E-state index in [1.54, 1.807) is 6.20 Å². The van der Waals surface area contributed by atoms with E-state index in [2.05, 4.69) is 15.3 Å². The average molecular weight is 203 g/mol. The van der Waals surface area contributed by atoms with Gasteiger partial charge in [0.1, 0.15) is 5.65 Å². The number of amides is 1. The summed E-state index contributed by atoms with van der Waals surface area (Å²) >= 11 is 0. The van der Waals surface area contributed by atoms with Crippen LogP contribution in [0, 0.1) is 0 Å². The van der Waals surface area contributed by atoms with E-state index in [1.807, 2.05) is 18.3 Å². The van der Waals surface area contributed by atoms with Gasteiger partial charge in [-0.05, 0) is 24.1 Å². The van der Waals surface area contributed by atoms with Gasteiger partial charge in [0, 0.05) is 31.2 Å². The predicted molar refractivity (Wildman–Crippen MR) is 58.5 cm³/mol. The Hall–Kier alpha value is -1.84. The Bertz CT molecular complexity index is 475. The second-order valence-electron chi connectivity index (χ2n) is 3.45. The van der Waals surface area contributed by atoms with Crippen LogP contribution in [0.15, 0.2) is 24.5 Å². The number of carbonyl (C=O) groups excluding carboxylic acids is 1. The van der Waals surface area contributed by atoms with E-state index >= 15 is 0 Å². The first-order valence-electron chi connectivity index (χ1n) is 4.93. The van der Waals surface area contributed by atoms with E-state index in [0.717, 1.165) is 17.5 Å². The van der Waals surface area contributed by atoms with E-state index in [0.29, 0.717) is 6.54 Å². The van der Waals surface area contributed by atoms with Crippen LogP contribution in [0.25, 0.3) is 11.0 Å². The van der Waals surface area contributed by atoms with Crippen molar-refractivity contribution >= 4 is 16.9 Å². The number of pyridine rings is 1. The molecule has 2 aromatic heterocycles. The Balaban J connectivity index is 2.11. The van der Waals surface area contributed by atoms with Gasteiger partial charge in [0.15, 0.2) is 0 Å². The number of rotatable bonds is 3. The zero-order chi connectivity index (χ0) is 10.7. The normalized spacial score (nSPS) is 10.5. The fourth-order valence-electron chi connectivity index (χ4n) is 1.59. The number of hydrogen-bond donors (Lipinski definition) is 2. The molecule has 0 aliphatic carbocycles. The molecule has 78 valence electrons. The SMILES string of the molecule is CC(=O)NCCc1c[nH]c2ncccc12. The summed E-state index contributed by atoms with van der Waals surface area (Å²) in [6.07, 6.45) is 4.53. The molecule has 0 spiro atoms. The lowest BCUT2D eigenvalue weighted by Crippen LogP contribution is -2.22. The van der Waals surface area contributed by atoms with Gasteiger partial charge in [-0.1, -0.05) is 0 Å². The smallest absolute Gasteiger partial charge is 0.216 e. The summed E-state index contributed by atoms with van der Waals surface area (Å²) in [5.74, 6) is 0.00738. The monoisotopic (exact) mass is 203 g/mol. The number of aromatic amines is 1. The molecule has 2 N–H and O–H groups in total. The predicted octanol–water partition coefficient (Wildman–Crippen LogP) is 1.24. The number of hydrogen-bond acceptors (Lipinski definition) is 2. The highest BCUT2D eigenvalue weighted by atomic mass is 16.1. The minimum atomic E-state index is 0.00738. The number of H-pyrrole nitrogens is 1. The molecule has 0 saturated heterocycles. The van der Waals surface area contributed by atoms with Gasteiger partial charge in [0.2, 0.25) is 5.91 Å². The topological polar surface area (TPSA) is 57.8 Å². The van der Waals surface area contributed by atoms with Crippen molar-refractivity contribution in [1.82, 2.24) is 15.3 Å². The van der Waals surface area contributed by atoms with Crippen molar-refractivity contribution in [2.45, 2.75) is 13.3 Å². The zero-order valence-electron chi connectivity index (χ0n) is 8.58. The van der Waals surface area contributed by atoms with Gasteiger partial charge in [-0.15, -0.1) is 0 Å². The van der Waals surface area contributed by atoms with Gasteiger partial charge in [-0.3, -0.25) is 4.79 Å². The standard InChI is InChI=1S/C11H13N3O/c1-8(15)12-6-4-9-7-14-11-10(9)3-2-5-13-11/h2-3,5,7H,4,6H2,1H3,(H,12,15)(H,13,14). The first-order chi connectivity index (χ1) is 7.27. The Morgan fingerprint density at radius 3 is 3.27 bits per heavy atom. The highest BCUT2D eigenvalue weighted by molar-refractivity contribution is 5.79. The lowest BCUT2D eigenvalue weighted by molar-refractivity contribution is -0.118. The van der Waals surface area contributed by atoms with Crippen LogP contribution in [0.3, 0.4) is 0 Å². The van der Waals surface area contributed by atoms with Crippen molar-refractivity contribution in [3.8, 4) is 0 Å². The molecular formula is C11H13N3O. The largest absolute Gasteiger partial charge is 0.356 e. The van der Waals surface area contributed by atoms with Crippen LogP contribution in [0.2, 0.25) is 0 Å². The first kappa shape index (κ1) is 9.71. The molecular weight excluding hydrogens is 190 g/mol. The molecule has 1 amide bonds. The molecule has 15 heavy (non-hydrogen) atoms. The van der Waals surface area contributed by atoms with Crippen molar-refractivity contribution < 1.29 is 4.79 Å². The van der Waals surface area contributed by atoms with Crippen LogP contribution >= 0.6 is 0 Å². The van der Waals surface area contributed by atoms with E-state index < -0.39 is 0 Å². The van der Waals surface area contributed by atoms with Crippen LogP contribution in [0.4, 0.5) is 0 Å². The molecule has 4 heteroatoms. The second kappa shape index (κ2) is 4.13. The van der Waals surface area contributed by atoms with Gasteiger partial charge in [-0.25, -0.2) is 4.98 Å². The summed E-state index contributed by atoms with van der Waals surface area (Å²) < 4.78 is 0. The summed E-state index contributed by atoms with van der Waals surface area (Å²) in [5, 5.41) is 3.90. The third-order valence-corrected chi connectivity index (χ3v) is 2.31. The molecule has 0 unspecified atom stereocenters. The summed E-state index contributed by atoms with van der Waals surface area (Å²) in [4.78, 5) is 18.0. The number of carbonyl (C=O) groups is 1. The van der Waals surface area contributed by atoms with Crippen LogP contribution in [0.1, 0.15) is 12.5 Å². The molecule has 0 aliphatic heterocycles. The highest BCUT2D eigenvalue weighted by Crippen LogP contribution is 2.15. The minimum absolute atomic E-state index is 0.00738. The number of fused-ring (bicyclic) bond motifs is 1. The number of nitrogens with zero attached hydrogens (tertiary/aromatic N) is 1. The lowest BCUT2D eigenvalue weighted by Gasteiger charge is -2.00. The molecule has 2 aromatic rings. The van der Waals surface area contributed by atoms with Gasteiger partial charge >= 0.3 is 0 Å². The van der Waals surface area contributed by atoms with Crippen LogP contribution in [0.5, 0.6) is 0 Å². The number of nitrogens with one attached hydrogen (secondary N) is 2. The second-order valence-corrected chi connectivity index (χ2v) is 3.45. The quantitative estimate of drug-likeness (QED) is 0.788. The Morgan fingerprint density at radius 1 is 1.60 bits per heavy atom. The molecule has 0 bridgehead atoms. The van der Waals surface area contributed by atoms with E-state index in [4.69, 9.17) is 0 Å².